The van der Waals surface area contributed by atoms with Crippen molar-refractivity contribution in [2.24, 2.45) is 22.7 Å². The van der Waals surface area contributed by atoms with Crippen molar-refractivity contribution in [1.82, 2.24) is 0 Å². The van der Waals surface area contributed by atoms with E-state index in [0.29, 0.717) is 10.8 Å². The summed E-state index contributed by atoms with van der Waals surface area (Å²) in [6.45, 7) is 15.9. The van der Waals surface area contributed by atoms with Gasteiger partial charge < -0.3 is 0 Å². The third-order valence-electron chi connectivity index (χ3n) is 4.68. The summed E-state index contributed by atoms with van der Waals surface area (Å²) < 4.78 is 0. The maximum Gasteiger partial charge on any atom is -0.00981 e. The molecule has 0 N–H and O–H groups in total. The highest BCUT2D eigenvalue weighted by Crippen LogP contribution is 2.47. The highest BCUT2D eigenvalue weighted by molar-refractivity contribution is 5.01. The highest BCUT2D eigenvalue weighted by Gasteiger charge is 2.37. The second-order valence-electron chi connectivity index (χ2n) is 6.86. The van der Waals surface area contributed by atoms with Gasteiger partial charge in [-0.3, -0.25) is 0 Å². The van der Waals surface area contributed by atoms with Gasteiger partial charge in [-0.05, 0) is 35.5 Å². The monoisotopic (exact) mass is 208 g/mol. The lowest BCUT2D eigenvalue weighted by Crippen LogP contribution is -2.32. The Morgan fingerprint density at radius 1 is 1.20 bits per heavy atom. The lowest BCUT2D eigenvalue weighted by Gasteiger charge is -2.41. The van der Waals surface area contributed by atoms with E-state index in [1.807, 2.05) is 0 Å². The van der Waals surface area contributed by atoms with Gasteiger partial charge >= 0.3 is 0 Å². The quantitative estimate of drug-likeness (QED) is 0.569. The van der Waals surface area contributed by atoms with Crippen molar-refractivity contribution in [3.05, 3.63) is 12.7 Å². The van der Waals surface area contributed by atoms with Gasteiger partial charge in [0.05, 0.1) is 0 Å². The molecule has 0 aromatic heterocycles. The smallest absolute Gasteiger partial charge is 0.00981 e. The van der Waals surface area contributed by atoms with E-state index in [1.165, 1.54) is 25.7 Å². The van der Waals surface area contributed by atoms with Crippen LogP contribution in [-0.4, -0.2) is 0 Å². The minimum atomic E-state index is 0.293. The van der Waals surface area contributed by atoms with Gasteiger partial charge in [-0.1, -0.05) is 53.5 Å². The van der Waals surface area contributed by atoms with Crippen LogP contribution in [0.15, 0.2) is 12.7 Å². The summed E-state index contributed by atoms with van der Waals surface area (Å²) in [6.07, 6.45) is 7.81. The van der Waals surface area contributed by atoms with Crippen LogP contribution < -0.4 is 0 Å². The molecule has 0 spiro atoms. The van der Waals surface area contributed by atoms with E-state index < -0.39 is 0 Å². The molecule has 3 unspecified atom stereocenters. The van der Waals surface area contributed by atoms with Crippen LogP contribution in [0.1, 0.15) is 60.3 Å². The SMILES string of the molecule is C=CC(C)(CC1CCC(C)C1)C(C)(C)C. The minimum absolute atomic E-state index is 0.293. The molecule has 88 valence electrons. The molecule has 0 aromatic carbocycles. The van der Waals surface area contributed by atoms with Crippen LogP contribution in [0.2, 0.25) is 0 Å². The van der Waals surface area contributed by atoms with Crippen LogP contribution >= 0.6 is 0 Å². The maximum absolute atomic E-state index is 4.06. The predicted octanol–water partition coefficient (Wildman–Crippen LogP) is 5.05. The van der Waals surface area contributed by atoms with Crippen molar-refractivity contribution >= 4 is 0 Å². The number of hydrogen-bond acceptors (Lipinski definition) is 0. The van der Waals surface area contributed by atoms with Gasteiger partial charge in [0, 0.05) is 0 Å². The van der Waals surface area contributed by atoms with Gasteiger partial charge in [0.25, 0.3) is 0 Å². The Kier molecular flexibility index (Phi) is 3.68. The van der Waals surface area contributed by atoms with Crippen molar-refractivity contribution in [2.75, 3.05) is 0 Å². The van der Waals surface area contributed by atoms with Crippen molar-refractivity contribution in [2.45, 2.75) is 60.3 Å². The van der Waals surface area contributed by atoms with E-state index in [1.54, 1.807) is 0 Å². The molecule has 0 nitrogen and oxygen atoms in total. The van der Waals surface area contributed by atoms with Crippen molar-refractivity contribution in [1.29, 1.82) is 0 Å². The molecule has 1 aliphatic carbocycles. The fraction of sp³-hybridized carbons (Fsp3) is 0.867. The lowest BCUT2D eigenvalue weighted by atomic mass is 9.63. The molecule has 1 saturated carbocycles. The number of allylic oxidation sites excluding steroid dienone is 1. The molecular formula is C15H28. The molecule has 15 heavy (non-hydrogen) atoms. The van der Waals surface area contributed by atoms with E-state index in [0.717, 1.165) is 11.8 Å². The summed E-state index contributed by atoms with van der Waals surface area (Å²) in [5.74, 6) is 1.88. The second-order valence-corrected chi connectivity index (χ2v) is 6.86. The van der Waals surface area contributed by atoms with Crippen molar-refractivity contribution < 1.29 is 0 Å². The van der Waals surface area contributed by atoms with E-state index in [-0.39, 0.29) is 0 Å². The summed E-state index contributed by atoms with van der Waals surface area (Å²) in [4.78, 5) is 0. The molecule has 0 heterocycles. The molecule has 1 rings (SSSR count). The average Bonchev–Trinajstić information content (AvgIpc) is 2.49. The molecule has 0 bridgehead atoms. The zero-order valence-corrected chi connectivity index (χ0v) is 11.3. The zero-order valence-electron chi connectivity index (χ0n) is 11.3. The molecule has 0 radical (unpaired) electrons. The second kappa shape index (κ2) is 4.31. The molecule has 1 fully saturated rings. The Bertz CT molecular complexity index is 221. The van der Waals surface area contributed by atoms with Crippen LogP contribution in [0, 0.1) is 22.7 Å². The first-order chi connectivity index (χ1) is 6.78. The Hall–Kier alpha value is -0.260. The third-order valence-corrected chi connectivity index (χ3v) is 4.68. The van der Waals surface area contributed by atoms with Crippen LogP contribution in [0.25, 0.3) is 0 Å². The van der Waals surface area contributed by atoms with Gasteiger partial charge in [0.2, 0.25) is 0 Å². The van der Waals surface area contributed by atoms with E-state index in [9.17, 15) is 0 Å². The van der Waals surface area contributed by atoms with E-state index in [2.05, 4.69) is 47.3 Å². The van der Waals surface area contributed by atoms with Crippen molar-refractivity contribution in [3.8, 4) is 0 Å². The first-order valence-corrected chi connectivity index (χ1v) is 6.42. The topological polar surface area (TPSA) is 0 Å². The highest BCUT2D eigenvalue weighted by atomic mass is 14.4. The van der Waals surface area contributed by atoms with Crippen LogP contribution in [0.4, 0.5) is 0 Å². The molecule has 0 heteroatoms. The van der Waals surface area contributed by atoms with Crippen LogP contribution in [0.3, 0.4) is 0 Å². The Balaban J connectivity index is 2.65. The fourth-order valence-electron chi connectivity index (χ4n) is 2.81. The zero-order chi connectivity index (χ0) is 11.7. The first kappa shape index (κ1) is 12.8. The van der Waals surface area contributed by atoms with E-state index in [4.69, 9.17) is 0 Å². The van der Waals surface area contributed by atoms with Crippen LogP contribution in [0.5, 0.6) is 0 Å². The molecular weight excluding hydrogens is 180 g/mol. The standard InChI is InChI=1S/C15H28/c1-7-15(6,14(3,4)5)11-13-9-8-12(2)10-13/h7,12-13H,1,8-11H2,2-6H3. The Labute approximate surface area is 96.2 Å². The average molecular weight is 208 g/mol. The van der Waals surface area contributed by atoms with Gasteiger partial charge in [-0.2, -0.15) is 0 Å². The largest absolute Gasteiger partial charge is 0.103 e. The number of hydrogen-bond donors (Lipinski definition) is 0. The Morgan fingerprint density at radius 2 is 1.80 bits per heavy atom. The van der Waals surface area contributed by atoms with Crippen molar-refractivity contribution in [3.63, 3.8) is 0 Å². The first-order valence-electron chi connectivity index (χ1n) is 6.42. The summed E-state index contributed by atoms with van der Waals surface area (Å²) in [7, 11) is 0. The number of rotatable bonds is 3. The van der Waals surface area contributed by atoms with E-state index >= 15 is 0 Å². The minimum Gasteiger partial charge on any atom is -0.103 e. The lowest BCUT2D eigenvalue weighted by molar-refractivity contribution is 0.129. The van der Waals surface area contributed by atoms with Gasteiger partial charge in [-0.15, -0.1) is 6.58 Å². The fourth-order valence-corrected chi connectivity index (χ4v) is 2.81. The predicted molar refractivity (Wildman–Crippen MR) is 68.9 cm³/mol. The summed E-state index contributed by atoms with van der Waals surface area (Å²) in [5, 5.41) is 0. The molecule has 0 amide bonds. The van der Waals surface area contributed by atoms with Crippen LogP contribution in [-0.2, 0) is 0 Å². The normalized spacial score (nSPS) is 31.3. The van der Waals surface area contributed by atoms with Gasteiger partial charge in [0.1, 0.15) is 0 Å². The summed E-state index contributed by atoms with van der Waals surface area (Å²) in [6, 6.07) is 0. The third kappa shape index (κ3) is 2.86. The summed E-state index contributed by atoms with van der Waals surface area (Å²) >= 11 is 0. The summed E-state index contributed by atoms with van der Waals surface area (Å²) in [5.41, 5.74) is 0.627. The Morgan fingerprint density at radius 3 is 2.13 bits per heavy atom. The van der Waals surface area contributed by atoms with Gasteiger partial charge in [0.15, 0.2) is 0 Å². The molecule has 1 aliphatic rings. The van der Waals surface area contributed by atoms with Gasteiger partial charge in [-0.25, -0.2) is 0 Å². The molecule has 0 aliphatic heterocycles. The maximum atomic E-state index is 4.06. The molecule has 0 aromatic rings. The molecule has 3 atom stereocenters. The molecule has 0 saturated heterocycles.